The molecule has 2 aromatic carbocycles. The largest absolute Gasteiger partial charge is 0.353 e. The molecule has 0 spiro atoms. The number of benzene rings is 2. The van der Waals surface area contributed by atoms with Crippen LogP contribution in [0.2, 0.25) is 0 Å². The third kappa shape index (κ3) is 5.61. The molecule has 164 valence electrons. The van der Waals surface area contributed by atoms with E-state index in [4.69, 9.17) is 5.73 Å². The van der Waals surface area contributed by atoms with E-state index in [9.17, 15) is 14.4 Å². The van der Waals surface area contributed by atoms with Gasteiger partial charge in [-0.2, -0.15) is 0 Å². The number of carbonyl (C=O) groups is 3. The standard InChI is InChI=1S/C23H29N5O3/c1-16-3-7-18(8-4-16)22(30)27-13-14-28(20(15-27)21(29)25-12-11-24)23(31)26-19-9-5-17(2)6-10-19/h3-10,20H,11-15,24H2,1-2H3,(H,25,29)(H,26,31). The molecule has 0 bridgehead atoms. The summed E-state index contributed by atoms with van der Waals surface area (Å²) in [6, 6.07) is 13.6. The van der Waals surface area contributed by atoms with E-state index in [-0.39, 0.29) is 30.9 Å². The maximum atomic E-state index is 12.9. The maximum Gasteiger partial charge on any atom is 0.322 e. The Morgan fingerprint density at radius 3 is 2.19 bits per heavy atom. The molecule has 0 radical (unpaired) electrons. The van der Waals surface area contributed by atoms with E-state index < -0.39 is 6.04 Å². The van der Waals surface area contributed by atoms with Crippen molar-refractivity contribution in [2.45, 2.75) is 19.9 Å². The molecular formula is C23H29N5O3. The summed E-state index contributed by atoms with van der Waals surface area (Å²) >= 11 is 0. The summed E-state index contributed by atoms with van der Waals surface area (Å²) in [5.41, 5.74) is 8.86. The number of rotatable bonds is 5. The van der Waals surface area contributed by atoms with Crippen LogP contribution in [0.4, 0.5) is 10.5 Å². The molecule has 1 saturated heterocycles. The second-order valence-corrected chi connectivity index (χ2v) is 7.70. The molecule has 8 heteroatoms. The van der Waals surface area contributed by atoms with Crippen LogP contribution in [0.15, 0.2) is 48.5 Å². The molecule has 1 unspecified atom stereocenters. The Hall–Kier alpha value is -3.39. The molecule has 0 saturated carbocycles. The van der Waals surface area contributed by atoms with E-state index in [1.807, 2.05) is 50.2 Å². The molecule has 8 nitrogen and oxygen atoms in total. The first-order valence-electron chi connectivity index (χ1n) is 10.4. The Bertz CT molecular complexity index is 927. The number of carbonyl (C=O) groups excluding carboxylic acids is 3. The number of amides is 4. The summed E-state index contributed by atoms with van der Waals surface area (Å²) in [4.78, 5) is 41.8. The molecule has 0 aliphatic carbocycles. The van der Waals surface area contributed by atoms with Crippen LogP contribution in [0.1, 0.15) is 21.5 Å². The van der Waals surface area contributed by atoms with E-state index >= 15 is 0 Å². The first-order valence-corrected chi connectivity index (χ1v) is 10.4. The molecule has 31 heavy (non-hydrogen) atoms. The molecule has 4 amide bonds. The number of nitrogens with one attached hydrogen (secondary N) is 2. The lowest BCUT2D eigenvalue weighted by atomic mass is 10.1. The predicted molar refractivity (Wildman–Crippen MR) is 120 cm³/mol. The minimum Gasteiger partial charge on any atom is -0.353 e. The number of urea groups is 1. The Morgan fingerprint density at radius 2 is 1.58 bits per heavy atom. The van der Waals surface area contributed by atoms with Gasteiger partial charge in [0.25, 0.3) is 5.91 Å². The number of nitrogens with two attached hydrogens (primary N) is 1. The lowest BCUT2D eigenvalue weighted by molar-refractivity contribution is -0.126. The van der Waals surface area contributed by atoms with Gasteiger partial charge in [-0.05, 0) is 38.1 Å². The molecule has 3 rings (SSSR count). The fourth-order valence-corrected chi connectivity index (χ4v) is 3.46. The lowest BCUT2D eigenvalue weighted by Crippen LogP contribution is -2.62. The molecule has 1 aliphatic heterocycles. The molecule has 1 aliphatic rings. The highest BCUT2D eigenvalue weighted by Crippen LogP contribution is 2.17. The highest BCUT2D eigenvalue weighted by molar-refractivity contribution is 5.97. The molecule has 1 heterocycles. The van der Waals surface area contributed by atoms with Crippen LogP contribution in [-0.4, -0.2) is 66.4 Å². The first kappa shape index (κ1) is 22.3. The normalized spacial score (nSPS) is 16.0. The van der Waals surface area contributed by atoms with Crippen LogP contribution < -0.4 is 16.4 Å². The quantitative estimate of drug-likeness (QED) is 0.681. The average Bonchev–Trinajstić information content (AvgIpc) is 2.78. The van der Waals surface area contributed by atoms with E-state index in [2.05, 4.69) is 10.6 Å². The van der Waals surface area contributed by atoms with Crippen molar-refractivity contribution < 1.29 is 14.4 Å². The summed E-state index contributed by atoms with van der Waals surface area (Å²) in [6.07, 6.45) is 0. The SMILES string of the molecule is Cc1ccc(NC(=O)N2CCN(C(=O)c3ccc(C)cc3)CC2C(=O)NCCN)cc1. The zero-order chi connectivity index (χ0) is 22.4. The number of hydrogen-bond acceptors (Lipinski definition) is 4. The van der Waals surface area contributed by atoms with Crippen LogP contribution in [0.3, 0.4) is 0 Å². The van der Waals surface area contributed by atoms with E-state index in [1.54, 1.807) is 17.0 Å². The third-order valence-corrected chi connectivity index (χ3v) is 5.28. The Kier molecular flexibility index (Phi) is 7.25. The summed E-state index contributed by atoms with van der Waals surface area (Å²) in [5, 5.41) is 5.58. The smallest absolute Gasteiger partial charge is 0.322 e. The Labute approximate surface area is 182 Å². The average molecular weight is 424 g/mol. The van der Waals surface area contributed by atoms with Crippen molar-refractivity contribution in [3.8, 4) is 0 Å². The summed E-state index contributed by atoms with van der Waals surface area (Å²) in [6.45, 7) is 5.22. The van der Waals surface area contributed by atoms with E-state index in [0.29, 0.717) is 30.9 Å². The van der Waals surface area contributed by atoms with Gasteiger partial charge in [-0.25, -0.2) is 4.79 Å². The highest BCUT2D eigenvalue weighted by Gasteiger charge is 2.37. The summed E-state index contributed by atoms with van der Waals surface area (Å²) in [7, 11) is 0. The first-order chi connectivity index (χ1) is 14.9. The molecule has 0 aromatic heterocycles. The minimum atomic E-state index is -0.805. The van der Waals surface area contributed by atoms with Crippen molar-refractivity contribution in [3.63, 3.8) is 0 Å². The van der Waals surface area contributed by atoms with Crippen LogP contribution in [-0.2, 0) is 4.79 Å². The number of aryl methyl sites for hydroxylation is 2. The molecule has 4 N–H and O–H groups in total. The molecule has 1 fully saturated rings. The van der Waals surface area contributed by atoms with Crippen molar-refractivity contribution in [3.05, 3.63) is 65.2 Å². The minimum absolute atomic E-state index is 0.116. The number of nitrogens with zero attached hydrogens (tertiary/aromatic N) is 2. The zero-order valence-electron chi connectivity index (χ0n) is 17.9. The van der Waals surface area contributed by atoms with Crippen LogP contribution in [0, 0.1) is 13.8 Å². The van der Waals surface area contributed by atoms with Crippen molar-refractivity contribution in [2.75, 3.05) is 38.0 Å². The van der Waals surface area contributed by atoms with Gasteiger partial charge in [0.1, 0.15) is 6.04 Å². The third-order valence-electron chi connectivity index (χ3n) is 5.28. The van der Waals surface area contributed by atoms with Crippen molar-refractivity contribution >= 4 is 23.5 Å². The number of hydrogen-bond donors (Lipinski definition) is 3. The van der Waals surface area contributed by atoms with Crippen LogP contribution in [0.25, 0.3) is 0 Å². The zero-order valence-corrected chi connectivity index (χ0v) is 17.9. The predicted octanol–water partition coefficient (Wildman–Crippen LogP) is 1.74. The number of piperazine rings is 1. The van der Waals surface area contributed by atoms with E-state index in [1.165, 1.54) is 4.90 Å². The van der Waals surface area contributed by atoms with Crippen molar-refractivity contribution in [1.82, 2.24) is 15.1 Å². The van der Waals surface area contributed by atoms with Gasteiger partial charge in [-0.3, -0.25) is 9.59 Å². The summed E-state index contributed by atoms with van der Waals surface area (Å²) < 4.78 is 0. The van der Waals surface area contributed by atoms with Gasteiger partial charge in [0.2, 0.25) is 5.91 Å². The van der Waals surface area contributed by atoms with Crippen LogP contribution >= 0.6 is 0 Å². The fourth-order valence-electron chi connectivity index (χ4n) is 3.46. The lowest BCUT2D eigenvalue weighted by Gasteiger charge is -2.40. The van der Waals surface area contributed by atoms with Gasteiger partial charge in [0.05, 0.1) is 6.54 Å². The second-order valence-electron chi connectivity index (χ2n) is 7.70. The van der Waals surface area contributed by atoms with Crippen LogP contribution in [0.5, 0.6) is 0 Å². The van der Waals surface area contributed by atoms with E-state index in [0.717, 1.165) is 11.1 Å². The maximum absolute atomic E-state index is 12.9. The van der Waals surface area contributed by atoms with Gasteiger partial charge in [0.15, 0.2) is 0 Å². The second kappa shape index (κ2) is 10.1. The Morgan fingerprint density at radius 1 is 0.968 bits per heavy atom. The molecular weight excluding hydrogens is 394 g/mol. The van der Waals surface area contributed by atoms with Gasteiger partial charge in [-0.1, -0.05) is 35.4 Å². The topological polar surface area (TPSA) is 108 Å². The number of anilines is 1. The summed E-state index contributed by atoms with van der Waals surface area (Å²) in [5.74, 6) is -0.485. The molecule has 1 atom stereocenters. The highest BCUT2D eigenvalue weighted by atomic mass is 16.2. The van der Waals surface area contributed by atoms with Gasteiger partial charge in [-0.15, -0.1) is 0 Å². The fraction of sp³-hybridized carbons (Fsp3) is 0.348. The van der Waals surface area contributed by atoms with Gasteiger partial charge in [0, 0.05) is 37.4 Å². The van der Waals surface area contributed by atoms with Gasteiger partial charge >= 0.3 is 6.03 Å². The van der Waals surface area contributed by atoms with Gasteiger partial charge < -0.3 is 26.2 Å². The van der Waals surface area contributed by atoms with Crippen molar-refractivity contribution in [1.29, 1.82) is 0 Å². The van der Waals surface area contributed by atoms with Crippen molar-refractivity contribution in [2.24, 2.45) is 5.73 Å². The monoisotopic (exact) mass is 423 g/mol. The Balaban J connectivity index is 1.75. The molecule has 2 aromatic rings.